The Balaban J connectivity index is 1.87. The molecule has 0 aromatic carbocycles. The van der Waals surface area contributed by atoms with Gasteiger partial charge in [0.15, 0.2) is 0 Å². The van der Waals surface area contributed by atoms with Crippen LogP contribution in [-0.4, -0.2) is 30.4 Å². The Hall–Kier alpha value is -0.830. The highest BCUT2D eigenvalue weighted by Crippen LogP contribution is 2.24. The first-order valence-electron chi connectivity index (χ1n) is 5.45. The van der Waals surface area contributed by atoms with Gasteiger partial charge in [0.1, 0.15) is 0 Å². The lowest BCUT2D eigenvalue weighted by Gasteiger charge is -2.20. The van der Waals surface area contributed by atoms with Gasteiger partial charge in [0, 0.05) is 19.0 Å². The first-order valence-corrected chi connectivity index (χ1v) is 5.45. The Morgan fingerprint density at radius 2 is 2.14 bits per heavy atom. The molecule has 0 spiro atoms. The Bertz CT molecular complexity index is 242. The summed E-state index contributed by atoms with van der Waals surface area (Å²) in [5.41, 5.74) is 5.60. The van der Waals surface area contributed by atoms with Gasteiger partial charge in [0.2, 0.25) is 5.91 Å². The van der Waals surface area contributed by atoms with Crippen LogP contribution in [0.3, 0.4) is 0 Å². The summed E-state index contributed by atoms with van der Waals surface area (Å²) in [5, 5.41) is 0. The van der Waals surface area contributed by atoms with Crippen molar-refractivity contribution in [2.75, 3.05) is 19.6 Å². The van der Waals surface area contributed by atoms with E-state index in [1.807, 2.05) is 4.90 Å². The molecule has 3 heteroatoms. The first kappa shape index (κ1) is 9.71. The molecule has 1 amide bonds. The third kappa shape index (κ3) is 1.82. The van der Waals surface area contributed by atoms with Crippen molar-refractivity contribution in [2.45, 2.75) is 19.3 Å². The lowest BCUT2D eigenvalue weighted by Crippen LogP contribution is -2.34. The average molecular weight is 194 g/mol. The van der Waals surface area contributed by atoms with Crippen LogP contribution in [0.1, 0.15) is 19.3 Å². The molecule has 2 aliphatic rings. The number of hydrogen-bond donors (Lipinski definition) is 1. The smallest absolute Gasteiger partial charge is 0.226 e. The molecular formula is C11H18N2O. The maximum atomic E-state index is 12.0. The summed E-state index contributed by atoms with van der Waals surface area (Å²) in [5.74, 6) is 1.10. The fourth-order valence-electron chi connectivity index (χ4n) is 2.30. The van der Waals surface area contributed by atoms with E-state index in [1.165, 1.54) is 0 Å². The maximum absolute atomic E-state index is 12.0. The number of nitrogens with zero attached hydrogens (tertiary/aromatic N) is 1. The fourth-order valence-corrected chi connectivity index (χ4v) is 2.30. The second-order valence-corrected chi connectivity index (χ2v) is 4.31. The highest BCUT2D eigenvalue weighted by molar-refractivity contribution is 5.79. The minimum absolute atomic E-state index is 0.228. The molecule has 1 aliphatic carbocycles. The van der Waals surface area contributed by atoms with Crippen molar-refractivity contribution >= 4 is 5.91 Å². The summed E-state index contributed by atoms with van der Waals surface area (Å²) in [4.78, 5) is 13.9. The highest BCUT2D eigenvalue weighted by Gasteiger charge is 2.30. The number of hydrogen-bond acceptors (Lipinski definition) is 2. The van der Waals surface area contributed by atoms with Crippen LogP contribution in [0, 0.1) is 11.8 Å². The zero-order valence-corrected chi connectivity index (χ0v) is 8.48. The number of rotatable bonds is 2. The molecule has 0 radical (unpaired) electrons. The van der Waals surface area contributed by atoms with Gasteiger partial charge >= 0.3 is 0 Å². The number of amides is 1. The zero-order chi connectivity index (χ0) is 9.97. The van der Waals surface area contributed by atoms with Crippen LogP contribution in [-0.2, 0) is 4.79 Å². The van der Waals surface area contributed by atoms with E-state index in [2.05, 4.69) is 12.2 Å². The minimum atomic E-state index is 0.228. The van der Waals surface area contributed by atoms with E-state index in [0.717, 1.165) is 32.4 Å². The third-order valence-electron chi connectivity index (χ3n) is 3.29. The molecule has 0 saturated carbocycles. The largest absolute Gasteiger partial charge is 0.342 e. The lowest BCUT2D eigenvalue weighted by atomic mass is 10.1. The van der Waals surface area contributed by atoms with E-state index in [9.17, 15) is 4.79 Å². The van der Waals surface area contributed by atoms with E-state index < -0.39 is 0 Å². The van der Waals surface area contributed by atoms with Gasteiger partial charge in [-0.3, -0.25) is 4.79 Å². The van der Waals surface area contributed by atoms with Gasteiger partial charge in [-0.15, -0.1) is 0 Å². The molecular weight excluding hydrogens is 176 g/mol. The Kier molecular flexibility index (Phi) is 2.87. The highest BCUT2D eigenvalue weighted by atomic mass is 16.2. The molecule has 78 valence electrons. The number of allylic oxidation sites excluding steroid dienone is 2. The topological polar surface area (TPSA) is 46.3 Å². The molecule has 0 bridgehead atoms. The third-order valence-corrected chi connectivity index (χ3v) is 3.29. The number of carbonyl (C=O) groups excluding carboxylic acids is 1. The molecule has 2 rings (SSSR count). The van der Waals surface area contributed by atoms with Crippen LogP contribution in [0.5, 0.6) is 0 Å². The minimum Gasteiger partial charge on any atom is -0.342 e. The van der Waals surface area contributed by atoms with Gasteiger partial charge in [0.05, 0.1) is 0 Å². The van der Waals surface area contributed by atoms with Gasteiger partial charge in [-0.1, -0.05) is 12.2 Å². The molecule has 1 fully saturated rings. The van der Waals surface area contributed by atoms with Crippen molar-refractivity contribution in [2.24, 2.45) is 17.6 Å². The van der Waals surface area contributed by atoms with Crippen molar-refractivity contribution in [1.29, 1.82) is 0 Å². The molecule has 0 aromatic heterocycles. The van der Waals surface area contributed by atoms with E-state index in [0.29, 0.717) is 18.4 Å². The molecule has 2 N–H and O–H groups in total. The van der Waals surface area contributed by atoms with Gasteiger partial charge in [-0.25, -0.2) is 0 Å². The molecule has 1 heterocycles. The van der Waals surface area contributed by atoms with Crippen LogP contribution in [0.15, 0.2) is 12.2 Å². The van der Waals surface area contributed by atoms with Crippen LogP contribution in [0.4, 0.5) is 0 Å². The van der Waals surface area contributed by atoms with Gasteiger partial charge in [0.25, 0.3) is 0 Å². The van der Waals surface area contributed by atoms with Crippen LogP contribution < -0.4 is 5.73 Å². The predicted octanol–water partition coefficient (Wildman–Crippen LogP) is 0.760. The van der Waals surface area contributed by atoms with Crippen molar-refractivity contribution in [1.82, 2.24) is 4.90 Å². The lowest BCUT2D eigenvalue weighted by molar-refractivity contribution is -0.134. The van der Waals surface area contributed by atoms with Crippen molar-refractivity contribution in [3.8, 4) is 0 Å². The Morgan fingerprint density at radius 1 is 1.43 bits per heavy atom. The van der Waals surface area contributed by atoms with E-state index >= 15 is 0 Å². The summed E-state index contributed by atoms with van der Waals surface area (Å²) >= 11 is 0. The van der Waals surface area contributed by atoms with Crippen molar-refractivity contribution in [3.05, 3.63) is 12.2 Å². The second kappa shape index (κ2) is 4.13. The Morgan fingerprint density at radius 3 is 2.71 bits per heavy atom. The molecule has 0 unspecified atom stereocenters. The maximum Gasteiger partial charge on any atom is 0.226 e. The second-order valence-electron chi connectivity index (χ2n) is 4.31. The number of nitrogens with two attached hydrogens (primary N) is 1. The van der Waals surface area contributed by atoms with Gasteiger partial charge in [-0.05, 0) is 31.7 Å². The molecule has 14 heavy (non-hydrogen) atoms. The standard InChI is InChI=1S/C11H18N2O/c12-7-9-5-6-13(8-9)11(14)10-3-1-2-4-10/h1-2,9-10H,3-8,12H2/t9-/m0/s1. The zero-order valence-electron chi connectivity index (χ0n) is 8.48. The van der Waals surface area contributed by atoms with Gasteiger partial charge in [-0.2, -0.15) is 0 Å². The van der Waals surface area contributed by atoms with Crippen molar-refractivity contribution in [3.63, 3.8) is 0 Å². The molecule has 3 nitrogen and oxygen atoms in total. The first-order chi connectivity index (χ1) is 6.81. The fraction of sp³-hybridized carbons (Fsp3) is 0.727. The van der Waals surface area contributed by atoms with Crippen LogP contribution in [0.2, 0.25) is 0 Å². The van der Waals surface area contributed by atoms with E-state index in [1.54, 1.807) is 0 Å². The summed E-state index contributed by atoms with van der Waals surface area (Å²) in [7, 11) is 0. The summed E-state index contributed by atoms with van der Waals surface area (Å²) in [6, 6.07) is 0. The molecule has 0 aromatic rings. The summed E-state index contributed by atoms with van der Waals surface area (Å²) in [6.07, 6.45) is 7.17. The molecule has 1 saturated heterocycles. The summed E-state index contributed by atoms with van der Waals surface area (Å²) in [6.45, 7) is 2.51. The normalized spacial score (nSPS) is 27.5. The van der Waals surface area contributed by atoms with Crippen LogP contribution in [0.25, 0.3) is 0 Å². The van der Waals surface area contributed by atoms with Gasteiger partial charge < -0.3 is 10.6 Å². The van der Waals surface area contributed by atoms with Crippen molar-refractivity contribution < 1.29 is 4.79 Å². The van der Waals surface area contributed by atoms with E-state index in [4.69, 9.17) is 5.73 Å². The quantitative estimate of drug-likeness (QED) is 0.660. The van der Waals surface area contributed by atoms with Crippen LogP contribution >= 0.6 is 0 Å². The Labute approximate surface area is 84.9 Å². The molecule has 1 aliphatic heterocycles. The predicted molar refractivity (Wildman–Crippen MR) is 55.6 cm³/mol. The number of likely N-dealkylation sites (tertiary alicyclic amines) is 1. The number of carbonyl (C=O) groups is 1. The average Bonchev–Trinajstić information content (AvgIpc) is 2.88. The summed E-state index contributed by atoms with van der Waals surface area (Å²) < 4.78 is 0. The SMILES string of the molecule is NC[C@@H]1CCN(C(=O)C2CC=CC2)C1. The molecule has 1 atom stereocenters. The monoisotopic (exact) mass is 194 g/mol. The van der Waals surface area contributed by atoms with E-state index in [-0.39, 0.29) is 5.92 Å².